The molecule has 4 heteroatoms. The van der Waals surface area contributed by atoms with Gasteiger partial charge in [-0.05, 0) is 55.2 Å². The number of carbonyl (C=O) groups is 1. The van der Waals surface area contributed by atoms with E-state index < -0.39 is 0 Å². The first kappa shape index (κ1) is 16.0. The van der Waals surface area contributed by atoms with Crippen molar-refractivity contribution in [3.8, 4) is 0 Å². The first-order chi connectivity index (χ1) is 11.1. The quantitative estimate of drug-likeness (QED) is 0.854. The van der Waals surface area contributed by atoms with Gasteiger partial charge in [0.15, 0.2) is 0 Å². The number of hydrogen-bond acceptors (Lipinski definition) is 3. The zero-order valence-electron chi connectivity index (χ0n) is 13.7. The average molecular weight is 326 g/mol. The molecular formula is C19H22N2OS. The minimum Gasteiger partial charge on any atom is -0.335 e. The predicted molar refractivity (Wildman–Crippen MR) is 96.6 cm³/mol. The summed E-state index contributed by atoms with van der Waals surface area (Å²) >= 11 is 1.77. The molecule has 0 saturated carbocycles. The summed E-state index contributed by atoms with van der Waals surface area (Å²) in [6.07, 6.45) is 3.12. The largest absolute Gasteiger partial charge is 0.335 e. The first-order valence-electron chi connectivity index (χ1n) is 7.89. The molecule has 0 radical (unpaired) electrons. The van der Waals surface area contributed by atoms with Gasteiger partial charge in [-0.2, -0.15) is 0 Å². The van der Waals surface area contributed by atoms with Gasteiger partial charge in [-0.25, -0.2) is 0 Å². The van der Waals surface area contributed by atoms with Crippen molar-refractivity contribution in [1.82, 2.24) is 9.80 Å². The molecule has 0 spiro atoms. The maximum Gasteiger partial charge on any atom is 0.254 e. The lowest BCUT2D eigenvalue weighted by atomic mass is 10.0. The normalized spacial score (nSPS) is 14.9. The van der Waals surface area contributed by atoms with Crippen molar-refractivity contribution < 1.29 is 4.79 Å². The van der Waals surface area contributed by atoms with Gasteiger partial charge in [0.25, 0.3) is 5.91 Å². The predicted octanol–water partition coefficient (Wildman–Crippen LogP) is 3.74. The number of benzene rings is 1. The Morgan fingerprint density at radius 3 is 2.57 bits per heavy atom. The van der Waals surface area contributed by atoms with E-state index in [1.807, 2.05) is 43.3 Å². The number of nitrogens with zero attached hydrogens (tertiary/aromatic N) is 2. The van der Waals surface area contributed by atoms with Crippen molar-refractivity contribution >= 4 is 22.8 Å². The van der Waals surface area contributed by atoms with E-state index in [1.54, 1.807) is 11.3 Å². The van der Waals surface area contributed by atoms with Crippen molar-refractivity contribution in [2.24, 2.45) is 0 Å². The Hall–Kier alpha value is -1.91. The second-order valence-electron chi connectivity index (χ2n) is 6.14. The molecule has 2 aromatic rings. The Morgan fingerprint density at radius 1 is 1.22 bits per heavy atom. The van der Waals surface area contributed by atoms with Gasteiger partial charge in [-0.3, -0.25) is 4.79 Å². The van der Waals surface area contributed by atoms with E-state index in [1.165, 1.54) is 16.0 Å². The van der Waals surface area contributed by atoms with Crippen LogP contribution in [-0.2, 0) is 6.54 Å². The van der Waals surface area contributed by atoms with Crippen LogP contribution in [0, 0.1) is 0 Å². The SMILES string of the molecule is CN(C)Cc1ccc(C(=O)N2CC=C(c3cccs3)CC2)cc1. The van der Waals surface area contributed by atoms with Crippen LogP contribution in [-0.4, -0.2) is 42.9 Å². The second kappa shape index (κ2) is 7.11. The van der Waals surface area contributed by atoms with Gasteiger partial charge >= 0.3 is 0 Å². The molecule has 0 saturated heterocycles. The van der Waals surface area contributed by atoms with E-state index in [2.05, 4.69) is 28.5 Å². The molecule has 0 unspecified atom stereocenters. The van der Waals surface area contributed by atoms with Crippen LogP contribution in [0.4, 0.5) is 0 Å². The Morgan fingerprint density at radius 2 is 2.00 bits per heavy atom. The van der Waals surface area contributed by atoms with E-state index >= 15 is 0 Å². The van der Waals surface area contributed by atoms with Crippen LogP contribution < -0.4 is 0 Å². The zero-order valence-corrected chi connectivity index (χ0v) is 14.5. The molecule has 1 aromatic carbocycles. The number of amides is 1. The van der Waals surface area contributed by atoms with Crippen LogP contribution in [0.1, 0.15) is 27.2 Å². The van der Waals surface area contributed by atoms with Gasteiger partial charge in [0.05, 0.1) is 0 Å². The van der Waals surface area contributed by atoms with Gasteiger partial charge in [0.1, 0.15) is 0 Å². The van der Waals surface area contributed by atoms with Crippen molar-refractivity contribution in [2.45, 2.75) is 13.0 Å². The first-order valence-corrected chi connectivity index (χ1v) is 8.77. The average Bonchev–Trinajstić information content (AvgIpc) is 3.09. The molecule has 0 bridgehead atoms. The summed E-state index contributed by atoms with van der Waals surface area (Å²) in [7, 11) is 4.09. The fourth-order valence-corrected chi connectivity index (χ4v) is 3.64. The molecule has 0 atom stereocenters. The molecule has 23 heavy (non-hydrogen) atoms. The molecule has 0 fully saturated rings. The molecule has 1 aromatic heterocycles. The van der Waals surface area contributed by atoms with Crippen molar-refractivity contribution in [2.75, 3.05) is 27.2 Å². The smallest absolute Gasteiger partial charge is 0.254 e. The summed E-state index contributed by atoms with van der Waals surface area (Å²) in [5.41, 5.74) is 3.37. The third-order valence-corrected chi connectivity index (χ3v) is 4.98. The molecule has 0 N–H and O–H groups in total. The summed E-state index contributed by atoms with van der Waals surface area (Å²) < 4.78 is 0. The number of thiophene rings is 1. The lowest BCUT2D eigenvalue weighted by molar-refractivity contribution is 0.0773. The Bertz CT molecular complexity index is 687. The topological polar surface area (TPSA) is 23.6 Å². The molecule has 3 nitrogen and oxygen atoms in total. The lowest BCUT2D eigenvalue weighted by Gasteiger charge is -2.26. The summed E-state index contributed by atoms with van der Waals surface area (Å²) in [4.78, 5) is 18.0. The number of carbonyl (C=O) groups excluding carboxylic acids is 1. The van der Waals surface area contributed by atoms with Gasteiger partial charge in [0.2, 0.25) is 0 Å². The molecule has 1 aliphatic heterocycles. The highest BCUT2D eigenvalue weighted by molar-refractivity contribution is 7.11. The van der Waals surface area contributed by atoms with Gasteiger partial charge in [-0.15, -0.1) is 11.3 Å². The maximum atomic E-state index is 12.6. The summed E-state index contributed by atoms with van der Waals surface area (Å²) in [5.74, 6) is 0.128. The highest BCUT2D eigenvalue weighted by Crippen LogP contribution is 2.26. The van der Waals surface area contributed by atoms with Crippen LogP contribution in [0.2, 0.25) is 0 Å². The molecule has 2 heterocycles. The Kier molecular flexibility index (Phi) is 4.94. The summed E-state index contributed by atoms with van der Waals surface area (Å²) in [6, 6.07) is 12.2. The molecular weight excluding hydrogens is 304 g/mol. The van der Waals surface area contributed by atoms with Crippen LogP contribution >= 0.6 is 11.3 Å². The number of hydrogen-bond donors (Lipinski definition) is 0. The minimum atomic E-state index is 0.128. The monoisotopic (exact) mass is 326 g/mol. The van der Waals surface area contributed by atoms with Crippen molar-refractivity contribution in [3.63, 3.8) is 0 Å². The van der Waals surface area contributed by atoms with Crippen LogP contribution in [0.3, 0.4) is 0 Å². The fourth-order valence-electron chi connectivity index (χ4n) is 2.84. The minimum absolute atomic E-state index is 0.128. The standard InChI is InChI=1S/C19H22N2OS/c1-20(2)14-15-5-7-17(8-6-15)19(22)21-11-9-16(10-12-21)18-4-3-13-23-18/h3-9,13H,10-12,14H2,1-2H3. The second-order valence-corrected chi connectivity index (χ2v) is 7.09. The molecule has 1 amide bonds. The Balaban J connectivity index is 1.65. The van der Waals surface area contributed by atoms with Crippen molar-refractivity contribution in [3.05, 3.63) is 63.9 Å². The van der Waals surface area contributed by atoms with E-state index in [9.17, 15) is 4.79 Å². The third kappa shape index (κ3) is 3.89. The van der Waals surface area contributed by atoms with E-state index in [0.717, 1.165) is 25.1 Å². The molecule has 0 aliphatic carbocycles. The van der Waals surface area contributed by atoms with Gasteiger partial charge in [-0.1, -0.05) is 24.3 Å². The summed E-state index contributed by atoms with van der Waals surface area (Å²) in [6.45, 7) is 2.39. The highest BCUT2D eigenvalue weighted by Gasteiger charge is 2.19. The molecule has 3 rings (SSSR count). The van der Waals surface area contributed by atoms with Gasteiger partial charge < -0.3 is 9.80 Å². The Labute approximate surface area is 141 Å². The lowest BCUT2D eigenvalue weighted by Crippen LogP contribution is -2.34. The van der Waals surface area contributed by atoms with Gasteiger partial charge in [0, 0.05) is 30.1 Å². The maximum absolute atomic E-state index is 12.6. The van der Waals surface area contributed by atoms with E-state index in [0.29, 0.717) is 6.54 Å². The van der Waals surface area contributed by atoms with Crippen LogP contribution in [0.5, 0.6) is 0 Å². The van der Waals surface area contributed by atoms with E-state index in [-0.39, 0.29) is 5.91 Å². The van der Waals surface area contributed by atoms with E-state index in [4.69, 9.17) is 0 Å². The van der Waals surface area contributed by atoms with Crippen LogP contribution in [0.15, 0.2) is 47.9 Å². The molecule has 1 aliphatic rings. The number of rotatable bonds is 4. The van der Waals surface area contributed by atoms with Crippen molar-refractivity contribution in [1.29, 1.82) is 0 Å². The molecule has 120 valence electrons. The highest BCUT2D eigenvalue weighted by atomic mass is 32.1. The zero-order chi connectivity index (χ0) is 16.2. The van der Waals surface area contributed by atoms with Crippen LogP contribution in [0.25, 0.3) is 5.57 Å². The third-order valence-electron chi connectivity index (χ3n) is 4.03. The summed E-state index contributed by atoms with van der Waals surface area (Å²) in [5, 5.41) is 2.10. The fraction of sp³-hybridized carbons (Fsp3) is 0.316.